The molecular weight excluding hydrogens is 1750 g/mol. The molecule has 37 nitrogen and oxygen atoms in total. The lowest BCUT2D eigenvalue weighted by Crippen LogP contribution is -2.42. The molecule has 0 aliphatic rings. The van der Waals surface area contributed by atoms with Gasteiger partial charge in [0.25, 0.3) is 22.2 Å². The Morgan fingerprint density at radius 1 is 0.455 bits per heavy atom. The highest BCUT2D eigenvalue weighted by Crippen LogP contribution is 2.49. The number of esters is 4. The molecule has 134 heavy (non-hydrogen) atoms. The monoisotopic (exact) mass is 1890 g/mol. The fourth-order valence-electron chi connectivity index (χ4n) is 12.4. The van der Waals surface area contributed by atoms with Gasteiger partial charge in [0.05, 0.1) is 72.6 Å². The smallest absolute Gasteiger partial charge is 0.338 e. The predicted molar refractivity (Wildman–Crippen MR) is 509 cm³/mol. The van der Waals surface area contributed by atoms with Gasteiger partial charge < -0.3 is 71.5 Å². The van der Waals surface area contributed by atoms with Crippen molar-refractivity contribution >= 4 is 38.1 Å². The van der Waals surface area contributed by atoms with Crippen LogP contribution in [-0.4, -0.2) is 215 Å². The Kier molecular flexibility index (Phi) is 55.4. The summed E-state index contributed by atoms with van der Waals surface area (Å²) in [7, 11) is 7.29. The molecular formula is C96H138N11O26P. The van der Waals surface area contributed by atoms with Crippen LogP contribution in [0.4, 0.5) is 0 Å². The van der Waals surface area contributed by atoms with Crippen molar-refractivity contribution < 1.29 is 85.3 Å². The summed E-state index contributed by atoms with van der Waals surface area (Å²) in [6.07, 6.45) is 3.17. The summed E-state index contributed by atoms with van der Waals surface area (Å²) in [5.41, 5.74) is -3.33. The third kappa shape index (κ3) is 42.4. The highest BCUT2D eigenvalue weighted by Gasteiger charge is 2.34. The van der Waals surface area contributed by atoms with Crippen LogP contribution in [0.1, 0.15) is 216 Å². The number of aromatic amines is 4. The molecule has 4 aromatic carbocycles. The molecule has 0 saturated heterocycles. The van der Waals surface area contributed by atoms with Gasteiger partial charge in [0.2, 0.25) is 12.5 Å². The van der Waals surface area contributed by atoms with Crippen molar-refractivity contribution in [3.63, 3.8) is 0 Å². The number of rotatable bonds is 47. The fourth-order valence-corrected chi connectivity index (χ4v) is 14.5. The van der Waals surface area contributed by atoms with Gasteiger partial charge in [0.15, 0.2) is 24.9 Å². The number of nitrogens with zero attached hydrogens (tertiary/aromatic N) is 6. The summed E-state index contributed by atoms with van der Waals surface area (Å²) >= 11 is 0. The Labute approximate surface area is 783 Å². The van der Waals surface area contributed by atoms with Gasteiger partial charge in [-0.1, -0.05) is 135 Å². The summed E-state index contributed by atoms with van der Waals surface area (Å²) in [6, 6.07) is 39.9. The number of ether oxygens (including phenoxy) is 12. The van der Waals surface area contributed by atoms with Crippen molar-refractivity contribution in [3.05, 3.63) is 287 Å². The van der Waals surface area contributed by atoms with Crippen molar-refractivity contribution in [2.75, 3.05) is 88.3 Å². The number of methoxy groups -OCH3 is 4. The zero-order chi connectivity index (χ0) is 100.0. The third-order valence-electron chi connectivity index (χ3n) is 20.2. The number of H-pyrrole nitrogens is 4. The van der Waals surface area contributed by atoms with Crippen molar-refractivity contribution in [3.8, 4) is 0 Å². The third-order valence-corrected chi connectivity index (χ3v) is 22.9. The zero-order valence-electron chi connectivity index (χ0n) is 80.9. The maximum absolute atomic E-state index is 12.4. The van der Waals surface area contributed by atoms with Crippen molar-refractivity contribution in [1.29, 1.82) is 0 Å². The topological polar surface area (TPSA) is 444 Å². The maximum atomic E-state index is 12.4. The predicted octanol–water partition coefficient (Wildman–Crippen LogP) is 12.1. The molecule has 4 aromatic heterocycles. The minimum absolute atomic E-state index is 0.150. The first-order valence-electron chi connectivity index (χ1n) is 44.4. The number of amides is 1. The molecule has 0 bridgehead atoms. The number of nitrogens with one attached hydrogen (secondary N) is 5. The van der Waals surface area contributed by atoms with Gasteiger partial charge in [0.1, 0.15) is 40.3 Å². The molecule has 0 saturated carbocycles. The van der Waals surface area contributed by atoms with Gasteiger partial charge in [-0.25, -0.2) is 44.9 Å². The van der Waals surface area contributed by atoms with Gasteiger partial charge in [-0.05, 0) is 141 Å². The van der Waals surface area contributed by atoms with Crippen LogP contribution in [0.25, 0.3) is 4.85 Å². The normalized spacial score (nSPS) is 13.9. The average molecular weight is 1890 g/mol. The van der Waals surface area contributed by atoms with E-state index >= 15 is 0 Å². The molecule has 4 heterocycles. The number of benzene rings is 4. The summed E-state index contributed by atoms with van der Waals surface area (Å²) in [5.74, 6) is -0.657. The number of carbonyl (C=O) groups is 5. The van der Waals surface area contributed by atoms with E-state index in [0.717, 1.165) is 6.42 Å². The molecule has 7 unspecified atom stereocenters. The van der Waals surface area contributed by atoms with E-state index in [4.69, 9.17) is 67.9 Å². The van der Waals surface area contributed by atoms with Crippen LogP contribution in [0.2, 0.25) is 0 Å². The Morgan fingerprint density at radius 3 is 1.09 bits per heavy atom. The van der Waals surface area contributed by atoms with Gasteiger partial charge in [-0.15, -0.1) is 0 Å². The molecule has 0 aliphatic heterocycles. The molecule has 0 radical (unpaired) electrons. The minimum Gasteiger partial charge on any atom is -0.457 e. The fraction of sp³-hybridized carbons (Fsp3) is 0.521. The Bertz CT molecular complexity index is 5120. The first-order chi connectivity index (χ1) is 63.8. The minimum atomic E-state index is -0.929. The molecule has 38 heteroatoms. The molecule has 5 N–H and O–H groups in total. The van der Waals surface area contributed by atoms with E-state index in [0.29, 0.717) is 117 Å². The van der Waals surface area contributed by atoms with E-state index in [1.54, 1.807) is 171 Å². The lowest BCUT2D eigenvalue weighted by Gasteiger charge is -2.38. The van der Waals surface area contributed by atoms with Crippen LogP contribution in [0, 0.1) is 18.4 Å². The number of hydrogen-bond acceptors (Lipinski definition) is 27. The van der Waals surface area contributed by atoms with Gasteiger partial charge in [-0.3, -0.25) is 66.8 Å². The van der Waals surface area contributed by atoms with Crippen molar-refractivity contribution in [1.82, 2.24) is 48.2 Å². The molecule has 8 aromatic rings. The summed E-state index contributed by atoms with van der Waals surface area (Å²) < 4.78 is 79.2. The van der Waals surface area contributed by atoms with Crippen molar-refractivity contribution in [2.24, 2.45) is 11.8 Å². The largest absolute Gasteiger partial charge is 0.457 e. The second-order valence-electron chi connectivity index (χ2n) is 32.0. The second-order valence-corrected chi connectivity index (χ2v) is 34.3. The SMILES string of the molecule is CCC(COC)OC([C@@H](C)OC(=O)c1ccccc1)n1ccc(=O)[nH]c1=O.CCC(COC)OC([C@H](C)OC(=O)c1ccccc1)n1ccc(=O)[nH]c1=O.CC[C@@H](COC)O[C@H](COC(=O)c1ccccc1)n1ccc(=O)[nH]c1=O.CC[C@](C)(COC)OC(COC(=O)c1ccccc1)n1ccc(=O)[nH]c1=O.CNC(=O)CCC(C)C(C)C.[C-]#[N+]CCOP(C(C)C)N(C(C)C)C(C)C. The first kappa shape index (κ1) is 117. The average Bonchev–Trinajstić information content (AvgIpc) is 0.831. The van der Waals surface area contributed by atoms with E-state index < -0.39 is 120 Å². The molecule has 0 fully saturated rings. The second kappa shape index (κ2) is 63.6. The van der Waals surface area contributed by atoms with Crippen LogP contribution in [-0.2, 0) is 66.2 Å². The lowest BCUT2D eigenvalue weighted by molar-refractivity contribution is -0.160. The van der Waals surface area contributed by atoms with E-state index in [9.17, 15) is 62.3 Å². The Balaban J connectivity index is 0.000000423. The maximum Gasteiger partial charge on any atom is 0.338 e. The van der Waals surface area contributed by atoms with E-state index in [2.05, 4.69) is 97.1 Å². The zero-order valence-corrected chi connectivity index (χ0v) is 81.8. The molecule has 8 rings (SSSR count). The van der Waals surface area contributed by atoms with E-state index in [-0.39, 0.29) is 44.0 Å². The number of carbonyl (C=O) groups excluding carboxylic acids is 5. The highest BCUT2D eigenvalue weighted by molar-refractivity contribution is 7.50. The summed E-state index contributed by atoms with van der Waals surface area (Å²) in [6.45, 7) is 41.1. The molecule has 738 valence electrons. The summed E-state index contributed by atoms with van der Waals surface area (Å²) in [5, 5.41) is 2.62. The molecule has 1 amide bonds. The quantitative estimate of drug-likeness (QED) is 0.00777. The molecule has 0 aliphatic carbocycles. The standard InChI is InChI=1S/3C19H24N2O6.C18H22N2O6.C12H25N2OP.C9H19NO/c1-4-19(2,13-25-3)27-16(21-11-10-15(22)20-18(21)24)12-26-17(23)14-8-6-5-7-9-14;2*1-4-15(12-25-3)27-17(21-11-10-16(22)20-19(21)24)13(2)26-18(23)14-8-6-5-7-9-14;1-3-14(11-24-2)26-16(20-10-9-15(21)19-18(20)23)12-25-17(22)13-7-5-4-6-8-13;1-10(2)14(11(3)4)16(12(5)6)15-9-8-13-7;1-7(2)8(3)5-6-9(11)10-4/h5-11,16H,4,12-13H2,1-3H3,(H,20,22,24);2*5-11,13,15,17H,4,12H2,1-3H3,(H,20,22,24);4-10,14,16H,3,11-12H2,1-2H3,(H,19,21,23);10-12H,8-9H2,1-6H3;7-8H,5-6H2,1-4H3,(H,10,11)/t16?,19-;2*13-,15?,17?;14-,16+;;/m1100../s1. The molecule has 12 atom stereocenters. The lowest BCUT2D eigenvalue weighted by atomic mass is 9.93. The van der Waals surface area contributed by atoms with E-state index in [1.807, 2.05) is 34.6 Å². The van der Waals surface area contributed by atoms with Crippen LogP contribution in [0.3, 0.4) is 0 Å². The van der Waals surface area contributed by atoms with Crippen LogP contribution in [0.5, 0.6) is 0 Å². The van der Waals surface area contributed by atoms with Crippen LogP contribution >= 0.6 is 8.30 Å². The first-order valence-corrected chi connectivity index (χ1v) is 45.7. The van der Waals surface area contributed by atoms with Crippen LogP contribution in [0.15, 0.2) is 209 Å². The number of hydrogen-bond donors (Lipinski definition) is 5. The Hall–Kier alpha value is -11.5. The van der Waals surface area contributed by atoms with Crippen LogP contribution < -0.4 is 50.3 Å². The van der Waals surface area contributed by atoms with Gasteiger partial charge in [-0.2, -0.15) is 0 Å². The summed E-state index contributed by atoms with van der Waals surface area (Å²) in [4.78, 5) is 166. The number of aromatic nitrogens is 8. The van der Waals surface area contributed by atoms with Crippen molar-refractivity contribution in [2.45, 2.75) is 228 Å². The van der Waals surface area contributed by atoms with Gasteiger partial charge >= 0.3 is 46.6 Å². The Morgan fingerprint density at radius 2 is 0.791 bits per heavy atom. The van der Waals surface area contributed by atoms with Gasteiger partial charge in [0, 0.05) is 109 Å². The highest BCUT2D eigenvalue weighted by atomic mass is 31.2. The van der Waals surface area contributed by atoms with E-state index in [1.165, 1.54) is 67.3 Å². The molecule has 0 spiro atoms.